The Morgan fingerprint density at radius 1 is 1.28 bits per heavy atom. The first-order chi connectivity index (χ1) is 11.8. The Balaban J connectivity index is 1.66. The van der Waals surface area contributed by atoms with Crippen LogP contribution in [-0.4, -0.2) is 47.1 Å². The van der Waals surface area contributed by atoms with Gasteiger partial charge in [0.05, 0.1) is 6.54 Å². The Morgan fingerprint density at radius 2 is 2.00 bits per heavy atom. The number of benzene rings is 1. The molecule has 3 rings (SSSR count). The number of rotatable bonds is 4. The van der Waals surface area contributed by atoms with Gasteiger partial charge in [-0.1, -0.05) is 6.07 Å². The molecule has 1 aromatic carbocycles. The molecule has 5 nitrogen and oxygen atoms in total. The van der Waals surface area contributed by atoms with Gasteiger partial charge < -0.3 is 15.3 Å². The van der Waals surface area contributed by atoms with E-state index in [1.165, 1.54) is 24.0 Å². The molecule has 7 heteroatoms. The molecule has 1 aliphatic heterocycles. The highest BCUT2D eigenvalue weighted by atomic mass is 19.1. The molecule has 2 N–H and O–H groups in total. The van der Waals surface area contributed by atoms with Crippen LogP contribution >= 0.6 is 0 Å². The zero-order chi connectivity index (χ0) is 18.2. The number of hydrogen-bond acceptors (Lipinski definition) is 3. The third-order valence-electron chi connectivity index (χ3n) is 5.28. The molecule has 25 heavy (non-hydrogen) atoms. The molecule has 0 aromatic heterocycles. The van der Waals surface area contributed by atoms with Gasteiger partial charge in [-0.3, -0.25) is 9.59 Å². The molecule has 1 unspecified atom stereocenters. The number of carbonyl (C=O) groups excluding carboxylic acids is 2. The molecule has 1 aromatic rings. The Hall–Kier alpha value is -2.02. The first-order valence-corrected chi connectivity index (χ1v) is 8.48. The fourth-order valence-electron chi connectivity index (χ4n) is 3.52. The van der Waals surface area contributed by atoms with Crippen LogP contribution in [0.2, 0.25) is 0 Å². The number of nitrogens with one attached hydrogen (secondary N) is 1. The van der Waals surface area contributed by atoms with E-state index < -0.39 is 28.6 Å². The van der Waals surface area contributed by atoms with Crippen molar-refractivity contribution in [3.63, 3.8) is 0 Å². The molecule has 1 saturated carbocycles. The van der Waals surface area contributed by atoms with Crippen LogP contribution in [0.15, 0.2) is 18.2 Å². The maximum Gasteiger partial charge on any atom is 0.253 e. The van der Waals surface area contributed by atoms with Crippen LogP contribution in [-0.2, 0) is 15.0 Å². The second-order valence-electron chi connectivity index (χ2n) is 7.16. The molecule has 2 amide bonds. The lowest BCUT2D eigenvalue weighted by Crippen LogP contribution is -2.58. The van der Waals surface area contributed by atoms with Gasteiger partial charge in [0.2, 0.25) is 5.91 Å². The van der Waals surface area contributed by atoms with E-state index in [4.69, 9.17) is 0 Å². The van der Waals surface area contributed by atoms with Crippen molar-refractivity contribution in [1.29, 1.82) is 0 Å². The number of halogens is 2. The summed E-state index contributed by atoms with van der Waals surface area (Å²) in [6.45, 7) is 2.07. The lowest BCUT2D eigenvalue weighted by molar-refractivity contribution is -0.150. The average Bonchev–Trinajstić information content (AvgIpc) is 3.33. The minimum Gasteiger partial charge on any atom is -0.378 e. The van der Waals surface area contributed by atoms with Crippen molar-refractivity contribution < 1.29 is 23.5 Å². The molecule has 0 spiro atoms. The van der Waals surface area contributed by atoms with Crippen LogP contribution in [0.3, 0.4) is 0 Å². The number of hydrogen-bond donors (Lipinski definition) is 2. The highest BCUT2D eigenvalue weighted by Crippen LogP contribution is 2.48. The van der Waals surface area contributed by atoms with E-state index in [1.54, 1.807) is 0 Å². The number of amides is 2. The summed E-state index contributed by atoms with van der Waals surface area (Å²) in [6, 6.07) is 3.47. The number of carbonyl (C=O) groups is 2. The van der Waals surface area contributed by atoms with Gasteiger partial charge in [0.25, 0.3) is 5.91 Å². The van der Waals surface area contributed by atoms with Crippen molar-refractivity contribution in [2.45, 2.75) is 43.6 Å². The Morgan fingerprint density at radius 3 is 2.60 bits per heavy atom. The molecule has 1 aliphatic carbocycles. The van der Waals surface area contributed by atoms with Crippen molar-refractivity contribution in [1.82, 2.24) is 10.2 Å². The summed E-state index contributed by atoms with van der Waals surface area (Å²) in [5.74, 6) is -1.99. The third kappa shape index (κ3) is 3.51. The molecule has 136 valence electrons. The first-order valence-electron chi connectivity index (χ1n) is 8.48. The number of nitrogens with zero attached hydrogens (tertiary/aromatic N) is 1. The maximum atomic E-state index is 14.0. The highest BCUT2D eigenvalue weighted by Gasteiger charge is 2.48. The number of likely N-dealkylation sites (tertiary alicyclic amines) is 1. The van der Waals surface area contributed by atoms with Gasteiger partial charge in [-0.15, -0.1) is 0 Å². The lowest BCUT2D eigenvalue weighted by atomic mass is 9.90. The predicted octanol–water partition coefficient (Wildman–Crippen LogP) is 1.49. The molecular formula is C18H22F2N2O3. The van der Waals surface area contributed by atoms with Crippen LogP contribution in [0.4, 0.5) is 8.78 Å². The molecule has 2 fully saturated rings. The van der Waals surface area contributed by atoms with E-state index in [-0.39, 0.29) is 25.4 Å². The second-order valence-corrected chi connectivity index (χ2v) is 7.16. The van der Waals surface area contributed by atoms with Crippen LogP contribution in [0.5, 0.6) is 0 Å². The largest absolute Gasteiger partial charge is 0.378 e. The minimum atomic E-state index is -1.62. The number of piperidine rings is 1. The summed E-state index contributed by atoms with van der Waals surface area (Å²) in [5.41, 5.74) is -1.78. The Bertz CT molecular complexity index is 706. The Labute approximate surface area is 145 Å². The van der Waals surface area contributed by atoms with Crippen molar-refractivity contribution in [3.05, 3.63) is 35.4 Å². The Kier molecular flexibility index (Phi) is 4.53. The summed E-state index contributed by atoms with van der Waals surface area (Å²) in [5, 5.41) is 13.3. The third-order valence-corrected chi connectivity index (χ3v) is 5.28. The highest BCUT2D eigenvalue weighted by molar-refractivity contribution is 5.86. The van der Waals surface area contributed by atoms with E-state index in [1.807, 2.05) is 0 Å². The first kappa shape index (κ1) is 17.8. The summed E-state index contributed by atoms with van der Waals surface area (Å²) < 4.78 is 27.1. The number of β-amino-alcohol motifs (C(OH)–C–C–N with tert-alkyl or cyclic N) is 1. The van der Waals surface area contributed by atoms with Crippen molar-refractivity contribution in [2.75, 3.05) is 19.6 Å². The maximum absolute atomic E-state index is 14.0. The van der Waals surface area contributed by atoms with Crippen molar-refractivity contribution >= 4 is 11.8 Å². The second kappa shape index (κ2) is 6.37. The lowest BCUT2D eigenvalue weighted by Gasteiger charge is -2.37. The summed E-state index contributed by atoms with van der Waals surface area (Å²) in [7, 11) is 0. The molecule has 2 aliphatic rings. The van der Waals surface area contributed by atoms with E-state index >= 15 is 0 Å². The molecule has 0 bridgehead atoms. The normalized spacial score (nSPS) is 24.7. The van der Waals surface area contributed by atoms with Crippen LogP contribution in [0, 0.1) is 11.6 Å². The summed E-state index contributed by atoms with van der Waals surface area (Å²) >= 11 is 0. The van der Waals surface area contributed by atoms with Gasteiger partial charge >= 0.3 is 0 Å². The standard InChI is InChI=1S/C18H22F2N2O3/c1-12(23)22-8-2-5-18(25,11-22)16(24)21-10-17(6-7-17)14-4-3-13(19)9-15(14)20/h3-4,9,25H,2,5-8,10-11H2,1H3,(H,21,24). The monoisotopic (exact) mass is 352 g/mol. The van der Waals surface area contributed by atoms with E-state index in [2.05, 4.69) is 5.32 Å². The summed E-state index contributed by atoms with van der Waals surface area (Å²) in [4.78, 5) is 25.4. The molecule has 1 atom stereocenters. The fourth-order valence-corrected chi connectivity index (χ4v) is 3.52. The minimum absolute atomic E-state index is 0.0356. The molecule has 1 saturated heterocycles. The van der Waals surface area contributed by atoms with Gasteiger partial charge in [-0.25, -0.2) is 8.78 Å². The smallest absolute Gasteiger partial charge is 0.253 e. The quantitative estimate of drug-likeness (QED) is 0.863. The van der Waals surface area contributed by atoms with E-state index in [0.29, 0.717) is 31.4 Å². The number of aliphatic hydroxyl groups is 1. The fraction of sp³-hybridized carbons (Fsp3) is 0.556. The average molecular weight is 352 g/mol. The zero-order valence-corrected chi connectivity index (χ0v) is 14.1. The van der Waals surface area contributed by atoms with Gasteiger partial charge in [0, 0.05) is 31.5 Å². The van der Waals surface area contributed by atoms with Gasteiger partial charge in [-0.2, -0.15) is 0 Å². The summed E-state index contributed by atoms with van der Waals surface area (Å²) in [6.07, 6.45) is 2.20. The van der Waals surface area contributed by atoms with Crippen molar-refractivity contribution in [3.8, 4) is 0 Å². The van der Waals surface area contributed by atoms with E-state index in [9.17, 15) is 23.5 Å². The van der Waals surface area contributed by atoms with Gasteiger partial charge in [0.1, 0.15) is 11.6 Å². The van der Waals surface area contributed by atoms with Crippen molar-refractivity contribution in [2.24, 2.45) is 0 Å². The molecule has 1 heterocycles. The van der Waals surface area contributed by atoms with Gasteiger partial charge in [-0.05, 0) is 37.3 Å². The zero-order valence-electron chi connectivity index (χ0n) is 14.1. The topological polar surface area (TPSA) is 69.6 Å². The van der Waals surface area contributed by atoms with Crippen LogP contribution in [0.1, 0.15) is 38.2 Å². The molecular weight excluding hydrogens is 330 g/mol. The van der Waals surface area contributed by atoms with Crippen LogP contribution < -0.4 is 5.32 Å². The SMILES string of the molecule is CC(=O)N1CCCC(O)(C(=O)NCC2(c3ccc(F)cc3F)CC2)C1. The van der Waals surface area contributed by atoms with Crippen LogP contribution in [0.25, 0.3) is 0 Å². The molecule has 0 radical (unpaired) electrons. The van der Waals surface area contributed by atoms with E-state index in [0.717, 1.165) is 6.07 Å². The predicted molar refractivity (Wildman–Crippen MR) is 86.7 cm³/mol. The van der Waals surface area contributed by atoms with Gasteiger partial charge in [0.15, 0.2) is 5.60 Å².